The number of hydrogen-bond donors (Lipinski definition) is 1. The van der Waals surface area contributed by atoms with Crippen molar-refractivity contribution in [3.05, 3.63) is 0 Å². The Morgan fingerprint density at radius 2 is 2.71 bits per heavy atom. The Morgan fingerprint density at radius 1 is 2.14 bits per heavy atom. The topological polar surface area (TPSA) is 52.3 Å². The Kier molecular flexibility index (Phi) is 1.69. The molecule has 1 amide bonds. The van der Waals surface area contributed by atoms with Gasteiger partial charge in [-0.2, -0.15) is 0 Å². The number of hydrogen-bond acceptors (Lipinski definition) is 2. The number of carbonyl (C=O) groups excluding carboxylic acids is 1. The van der Waals surface area contributed by atoms with Gasteiger partial charge in [0, 0.05) is 8.48 Å². The minimum Gasteiger partial charge on any atom is -0.372 e. The third-order valence-electron chi connectivity index (χ3n) is 0.602. The van der Waals surface area contributed by atoms with Gasteiger partial charge in [0.2, 0.25) is 5.91 Å². The van der Waals surface area contributed by atoms with Crippen molar-refractivity contribution in [1.82, 2.24) is 0 Å². The van der Waals surface area contributed by atoms with Crippen molar-refractivity contribution in [2.45, 2.75) is 13.0 Å². The maximum atomic E-state index is 10.1. The van der Waals surface area contributed by atoms with Crippen LogP contribution in [0, 0.1) is 0 Å². The van der Waals surface area contributed by atoms with E-state index >= 15 is 0 Å². The molecule has 0 aliphatic carbocycles. The molecule has 3 heteroatoms. The Morgan fingerprint density at radius 3 is 2.71 bits per heavy atom. The van der Waals surface area contributed by atoms with Gasteiger partial charge in [-0.05, 0) is 6.90 Å². The van der Waals surface area contributed by atoms with Gasteiger partial charge in [-0.3, -0.25) is 4.79 Å². The van der Waals surface area contributed by atoms with Gasteiger partial charge in [0.1, 0.15) is 6.10 Å². The maximum Gasteiger partial charge on any atom is 0.246 e. The van der Waals surface area contributed by atoms with Crippen LogP contribution in [0.15, 0.2) is 0 Å². The molecule has 0 aromatic carbocycles. The second-order valence-corrected chi connectivity index (χ2v) is 1.13. The summed E-state index contributed by atoms with van der Waals surface area (Å²) in [4.78, 5) is 10.1. The summed E-state index contributed by atoms with van der Waals surface area (Å²) in [6, 6.07) is 0. The van der Waals surface area contributed by atoms with E-state index in [1.807, 2.05) is 0 Å². The number of amides is 1. The number of ether oxygens (including phenoxy) is 1. The average Bonchev–Trinajstić information content (AvgIpc) is 1.69. The molecule has 0 spiro atoms. The van der Waals surface area contributed by atoms with E-state index in [9.17, 15) is 4.79 Å². The zero-order valence-electron chi connectivity index (χ0n) is 5.18. The highest BCUT2D eigenvalue weighted by Crippen LogP contribution is 1.81. The third kappa shape index (κ3) is 2.17. The monoisotopic (exact) mass is 104 g/mol. The van der Waals surface area contributed by atoms with Crippen LogP contribution in [0.3, 0.4) is 0 Å². The smallest absolute Gasteiger partial charge is 0.246 e. The van der Waals surface area contributed by atoms with Crippen LogP contribution >= 0.6 is 0 Å². The lowest BCUT2D eigenvalue weighted by Crippen LogP contribution is -2.26. The van der Waals surface area contributed by atoms with E-state index in [1.54, 1.807) is 0 Å². The summed E-state index contributed by atoms with van der Waals surface area (Å²) in [5, 5.41) is 0. The first-order chi connectivity index (χ1) is 3.72. The summed E-state index contributed by atoms with van der Waals surface area (Å²) in [6.45, 7) is -0.105. The molecule has 0 bridgehead atoms. The van der Waals surface area contributed by atoms with Gasteiger partial charge < -0.3 is 10.5 Å². The van der Waals surface area contributed by atoms with Crippen molar-refractivity contribution in [2.24, 2.45) is 5.73 Å². The molecule has 0 heterocycles. The SMILES string of the molecule is [2H]CC(OC)C(N)=O. The fourth-order valence-electron chi connectivity index (χ4n) is 0.116. The third-order valence-corrected chi connectivity index (χ3v) is 0.602. The quantitative estimate of drug-likeness (QED) is 0.513. The van der Waals surface area contributed by atoms with Crippen LogP contribution in [-0.2, 0) is 9.53 Å². The highest BCUT2D eigenvalue weighted by molar-refractivity contribution is 5.78. The second kappa shape index (κ2) is 2.58. The van der Waals surface area contributed by atoms with Crippen molar-refractivity contribution in [3.63, 3.8) is 0 Å². The molecule has 0 fully saturated rings. The largest absolute Gasteiger partial charge is 0.372 e. The molecule has 0 aromatic heterocycles. The van der Waals surface area contributed by atoms with Crippen LogP contribution in [0.2, 0.25) is 0 Å². The summed E-state index contributed by atoms with van der Waals surface area (Å²) in [5.74, 6) is -0.581. The van der Waals surface area contributed by atoms with Crippen molar-refractivity contribution in [3.8, 4) is 0 Å². The average molecular weight is 104 g/mol. The minimum absolute atomic E-state index is 0.105. The Balaban J connectivity index is 3.52. The van der Waals surface area contributed by atoms with E-state index < -0.39 is 12.0 Å². The van der Waals surface area contributed by atoms with Crippen LogP contribution in [0.1, 0.15) is 8.27 Å². The molecular weight excluding hydrogens is 94.0 g/mol. The molecule has 7 heavy (non-hydrogen) atoms. The summed E-state index contributed by atoms with van der Waals surface area (Å²) in [6.07, 6.45) is -0.741. The molecule has 0 aromatic rings. The minimum atomic E-state index is -0.741. The molecule has 0 aliphatic rings. The summed E-state index contributed by atoms with van der Waals surface area (Å²) < 4.78 is 11.2. The summed E-state index contributed by atoms with van der Waals surface area (Å²) in [7, 11) is 1.35. The standard InChI is InChI=1S/C4H9NO2/c1-3(7-2)4(5)6/h3H,1-2H3,(H2,5,6)/i1D. The Hall–Kier alpha value is -0.570. The van der Waals surface area contributed by atoms with Crippen LogP contribution in [0.25, 0.3) is 0 Å². The molecule has 1 atom stereocenters. The van der Waals surface area contributed by atoms with E-state index in [1.165, 1.54) is 7.11 Å². The second-order valence-electron chi connectivity index (χ2n) is 1.13. The first kappa shape index (κ1) is 4.59. The number of carbonyl (C=O) groups is 1. The molecule has 2 N–H and O–H groups in total. The van der Waals surface area contributed by atoms with Crippen LogP contribution in [-0.4, -0.2) is 19.1 Å². The first-order valence-corrected chi connectivity index (χ1v) is 1.83. The van der Waals surface area contributed by atoms with Gasteiger partial charge in [-0.25, -0.2) is 0 Å². The molecule has 3 nitrogen and oxygen atoms in total. The van der Waals surface area contributed by atoms with Gasteiger partial charge in [-0.1, -0.05) is 0 Å². The molecule has 0 rings (SSSR count). The molecule has 0 saturated carbocycles. The molecule has 0 saturated heterocycles. The van der Waals surface area contributed by atoms with Crippen molar-refractivity contribution in [1.29, 1.82) is 0 Å². The fraction of sp³-hybridized carbons (Fsp3) is 0.750. The number of primary amides is 1. The van der Waals surface area contributed by atoms with E-state index in [0.29, 0.717) is 0 Å². The Labute approximate surface area is 43.9 Å². The molecule has 0 aliphatic heterocycles. The lowest BCUT2D eigenvalue weighted by Gasteiger charge is -2.00. The molecule has 1 unspecified atom stereocenters. The number of rotatable bonds is 2. The van der Waals surface area contributed by atoms with Gasteiger partial charge in [0.25, 0.3) is 0 Å². The summed E-state index contributed by atoms with van der Waals surface area (Å²) in [5.41, 5.74) is 4.77. The lowest BCUT2D eigenvalue weighted by molar-refractivity contribution is -0.126. The molecule has 42 valence electrons. The van der Waals surface area contributed by atoms with E-state index in [4.69, 9.17) is 7.10 Å². The zero-order valence-corrected chi connectivity index (χ0v) is 4.18. The van der Waals surface area contributed by atoms with Crippen LogP contribution < -0.4 is 5.73 Å². The first-order valence-electron chi connectivity index (χ1n) is 2.54. The summed E-state index contributed by atoms with van der Waals surface area (Å²) >= 11 is 0. The lowest BCUT2D eigenvalue weighted by atomic mass is 10.4. The highest BCUT2D eigenvalue weighted by atomic mass is 16.5. The van der Waals surface area contributed by atoms with Crippen LogP contribution in [0.4, 0.5) is 0 Å². The van der Waals surface area contributed by atoms with Crippen molar-refractivity contribution in [2.75, 3.05) is 7.11 Å². The normalized spacial score (nSPS) is 15.3. The van der Waals surface area contributed by atoms with Gasteiger partial charge in [-0.15, -0.1) is 0 Å². The Bertz CT molecular complexity index is 82.1. The molecule has 0 radical (unpaired) electrons. The van der Waals surface area contributed by atoms with Crippen LogP contribution in [0.5, 0.6) is 0 Å². The molecular formula is C4H9NO2. The number of methoxy groups -OCH3 is 1. The maximum absolute atomic E-state index is 10.1. The predicted molar refractivity (Wildman–Crippen MR) is 25.7 cm³/mol. The van der Waals surface area contributed by atoms with E-state index in [2.05, 4.69) is 4.74 Å². The fourth-order valence-corrected chi connectivity index (χ4v) is 0.116. The van der Waals surface area contributed by atoms with Gasteiger partial charge in [0.05, 0.1) is 0 Å². The van der Waals surface area contributed by atoms with E-state index in [0.717, 1.165) is 0 Å². The van der Waals surface area contributed by atoms with Gasteiger partial charge >= 0.3 is 0 Å². The van der Waals surface area contributed by atoms with E-state index in [-0.39, 0.29) is 6.90 Å². The zero-order chi connectivity index (χ0) is 6.57. The highest BCUT2D eigenvalue weighted by Gasteiger charge is 2.03. The van der Waals surface area contributed by atoms with Crippen molar-refractivity contribution >= 4 is 5.91 Å². The van der Waals surface area contributed by atoms with Crippen molar-refractivity contribution < 1.29 is 10.9 Å². The predicted octanol–water partition coefficient (Wildman–Crippen LogP) is -0.493. The van der Waals surface area contributed by atoms with Gasteiger partial charge in [0.15, 0.2) is 0 Å². The number of nitrogens with two attached hydrogens (primary N) is 1.